The molecule has 0 heterocycles. The fourth-order valence-corrected chi connectivity index (χ4v) is 6.28. The molecule has 2 heteroatoms. The van der Waals surface area contributed by atoms with Crippen LogP contribution in [0.2, 0.25) is 0 Å². The summed E-state index contributed by atoms with van der Waals surface area (Å²) in [5.74, 6) is 0. The van der Waals surface area contributed by atoms with Crippen LogP contribution in [0, 0.1) is 0 Å². The Labute approximate surface area is 67.6 Å². The number of allylic oxidation sites excluding steroid dienone is 1. The molecule has 0 aromatic heterocycles. The summed E-state index contributed by atoms with van der Waals surface area (Å²) in [5.41, 5.74) is 1.55. The van der Waals surface area contributed by atoms with Crippen LogP contribution in [0.4, 0.5) is 0 Å². The van der Waals surface area contributed by atoms with Gasteiger partial charge in [-0.2, -0.15) is 0 Å². The van der Waals surface area contributed by atoms with Gasteiger partial charge >= 0.3 is 0 Å². The van der Waals surface area contributed by atoms with Crippen LogP contribution in [0.25, 0.3) is 0 Å². The second-order valence-corrected chi connectivity index (χ2v) is 7.94. The zero-order valence-corrected chi connectivity index (χ0v) is 9.68. The molecule has 0 saturated heterocycles. The summed E-state index contributed by atoms with van der Waals surface area (Å²) in [5, 5.41) is 1.74. The Balaban J connectivity index is 4.44. The van der Waals surface area contributed by atoms with Crippen LogP contribution < -0.4 is 0 Å². The Kier molecular flexibility index (Phi) is 4.74. The van der Waals surface area contributed by atoms with E-state index in [0.717, 1.165) is 0 Å². The summed E-state index contributed by atoms with van der Waals surface area (Å²) in [6.45, 7) is 13.9. The highest BCUT2D eigenvalue weighted by atomic mass is 31.2. The van der Waals surface area contributed by atoms with E-state index in [9.17, 15) is 0 Å². The van der Waals surface area contributed by atoms with Crippen LogP contribution in [-0.4, -0.2) is 26.7 Å². The predicted octanol–water partition coefficient (Wildman–Crippen LogP) is 3.72. The van der Waals surface area contributed by atoms with Crippen molar-refractivity contribution in [1.29, 1.82) is 0 Å². The quantitative estimate of drug-likeness (QED) is 0.562. The van der Waals surface area contributed by atoms with Gasteiger partial charge in [0.05, 0.1) is 0 Å². The Morgan fingerprint density at radius 1 is 0.800 bits per heavy atom. The second kappa shape index (κ2) is 4.47. The Hall–Kier alpha value is 0.600. The van der Waals surface area contributed by atoms with E-state index in [1.807, 2.05) is 0 Å². The monoisotopic (exact) mass is 176 g/mol. The molecular formula is C8H18P2. The van der Waals surface area contributed by atoms with Gasteiger partial charge in [-0.15, -0.1) is 0 Å². The summed E-state index contributed by atoms with van der Waals surface area (Å²) in [6.07, 6.45) is 0. The van der Waals surface area contributed by atoms with Gasteiger partial charge in [-0.1, -0.05) is 21.4 Å². The SMILES string of the molecule is CC(C)=C(P(C)C)P(C)C. The van der Waals surface area contributed by atoms with E-state index >= 15 is 0 Å². The van der Waals surface area contributed by atoms with Crippen molar-refractivity contribution < 1.29 is 0 Å². The Bertz CT molecular complexity index is 120. The summed E-state index contributed by atoms with van der Waals surface area (Å²) < 4.78 is 0. The molecular weight excluding hydrogens is 158 g/mol. The first-order valence-electron chi connectivity index (χ1n) is 3.49. The zero-order valence-electron chi connectivity index (χ0n) is 7.89. The minimum Gasteiger partial charge on any atom is -0.0813 e. The maximum Gasteiger partial charge on any atom is -0.0249 e. The molecule has 0 N–H and O–H groups in total. The molecule has 0 aromatic rings. The lowest BCUT2D eigenvalue weighted by Crippen LogP contribution is -1.80. The van der Waals surface area contributed by atoms with Crippen LogP contribution in [0.3, 0.4) is 0 Å². The average Bonchev–Trinajstić information content (AvgIpc) is 1.59. The molecule has 0 amide bonds. The van der Waals surface area contributed by atoms with E-state index in [-0.39, 0.29) is 15.8 Å². The highest BCUT2D eigenvalue weighted by Crippen LogP contribution is 2.55. The third-order valence-corrected chi connectivity index (χ3v) is 6.28. The van der Waals surface area contributed by atoms with Crippen molar-refractivity contribution in [3.63, 3.8) is 0 Å². The third-order valence-electron chi connectivity index (χ3n) is 1.29. The molecule has 0 unspecified atom stereocenters. The second-order valence-electron chi connectivity index (χ2n) is 3.11. The summed E-state index contributed by atoms with van der Waals surface area (Å²) in [7, 11) is 0.331. The minimum absolute atomic E-state index is 0.166. The molecule has 0 aliphatic rings. The van der Waals surface area contributed by atoms with E-state index in [4.69, 9.17) is 0 Å². The third kappa shape index (κ3) is 3.13. The van der Waals surface area contributed by atoms with E-state index in [1.54, 1.807) is 10.6 Å². The molecule has 10 heavy (non-hydrogen) atoms. The average molecular weight is 176 g/mol. The first-order valence-corrected chi connectivity index (χ1v) is 7.96. The van der Waals surface area contributed by atoms with Crippen molar-refractivity contribution in [3.8, 4) is 0 Å². The lowest BCUT2D eigenvalue weighted by atomic mass is 10.4. The van der Waals surface area contributed by atoms with Crippen molar-refractivity contribution in [1.82, 2.24) is 0 Å². The van der Waals surface area contributed by atoms with Crippen molar-refractivity contribution in [2.24, 2.45) is 0 Å². The number of rotatable bonds is 2. The molecule has 0 nitrogen and oxygen atoms in total. The Morgan fingerprint density at radius 2 is 1.10 bits per heavy atom. The van der Waals surface area contributed by atoms with Crippen LogP contribution >= 0.6 is 15.8 Å². The van der Waals surface area contributed by atoms with Gasteiger partial charge in [0.1, 0.15) is 0 Å². The smallest absolute Gasteiger partial charge is 0.0249 e. The summed E-state index contributed by atoms with van der Waals surface area (Å²) in [6, 6.07) is 0. The molecule has 60 valence electrons. The van der Waals surface area contributed by atoms with Gasteiger partial charge in [0.25, 0.3) is 0 Å². The van der Waals surface area contributed by atoms with Crippen LogP contribution in [-0.2, 0) is 0 Å². The number of hydrogen-bond acceptors (Lipinski definition) is 0. The maximum absolute atomic E-state index is 2.35. The highest BCUT2D eigenvalue weighted by Gasteiger charge is 2.07. The minimum atomic E-state index is 0.166. The summed E-state index contributed by atoms with van der Waals surface area (Å²) in [4.78, 5) is 0. The van der Waals surface area contributed by atoms with Gasteiger partial charge < -0.3 is 0 Å². The predicted molar refractivity (Wildman–Crippen MR) is 55.9 cm³/mol. The molecule has 0 radical (unpaired) electrons. The Morgan fingerprint density at radius 3 is 1.10 bits per heavy atom. The first kappa shape index (κ1) is 10.6. The van der Waals surface area contributed by atoms with Gasteiger partial charge in [0.15, 0.2) is 0 Å². The highest BCUT2D eigenvalue weighted by molar-refractivity contribution is 7.80. The van der Waals surface area contributed by atoms with E-state index < -0.39 is 0 Å². The first-order chi connectivity index (χ1) is 4.46. The molecule has 0 fully saturated rings. The van der Waals surface area contributed by atoms with Crippen LogP contribution in [0.5, 0.6) is 0 Å². The number of hydrogen-bond donors (Lipinski definition) is 0. The van der Waals surface area contributed by atoms with E-state index in [1.165, 1.54) is 0 Å². The molecule has 0 spiro atoms. The lowest BCUT2D eigenvalue weighted by Gasteiger charge is -2.18. The molecule has 0 aromatic carbocycles. The lowest BCUT2D eigenvalue weighted by molar-refractivity contribution is 1.40. The van der Waals surface area contributed by atoms with Gasteiger partial charge in [-0.25, -0.2) is 0 Å². The largest absolute Gasteiger partial charge is 0.0813 e. The van der Waals surface area contributed by atoms with Crippen molar-refractivity contribution in [2.75, 3.05) is 26.7 Å². The van der Waals surface area contributed by atoms with Gasteiger partial charge in [0.2, 0.25) is 0 Å². The van der Waals surface area contributed by atoms with Crippen LogP contribution in [0.1, 0.15) is 13.8 Å². The van der Waals surface area contributed by atoms with Gasteiger partial charge in [0, 0.05) is 0 Å². The van der Waals surface area contributed by atoms with Crippen LogP contribution in [0.15, 0.2) is 10.6 Å². The fraction of sp³-hybridized carbons (Fsp3) is 0.750. The summed E-state index contributed by atoms with van der Waals surface area (Å²) >= 11 is 0. The topological polar surface area (TPSA) is 0 Å². The molecule has 0 aliphatic carbocycles. The zero-order chi connectivity index (χ0) is 8.31. The fourth-order valence-electron chi connectivity index (χ4n) is 1.29. The molecule has 0 aliphatic heterocycles. The van der Waals surface area contributed by atoms with Crippen molar-refractivity contribution in [2.45, 2.75) is 13.8 Å². The molecule has 0 rings (SSSR count). The van der Waals surface area contributed by atoms with Gasteiger partial charge in [-0.3, -0.25) is 0 Å². The van der Waals surface area contributed by atoms with E-state index in [2.05, 4.69) is 40.5 Å². The van der Waals surface area contributed by atoms with Crippen molar-refractivity contribution in [3.05, 3.63) is 10.6 Å². The normalized spacial score (nSPS) is 10.8. The molecule has 0 bridgehead atoms. The molecule has 0 saturated carbocycles. The standard InChI is InChI=1S/C8H18P2/c1-7(2)8(9(3)4)10(5)6/h1-6H3. The molecule has 0 atom stereocenters. The van der Waals surface area contributed by atoms with Crippen molar-refractivity contribution >= 4 is 15.8 Å². The van der Waals surface area contributed by atoms with E-state index in [0.29, 0.717) is 0 Å². The maximum atomic E-state index is 2.35. The van der Waals surface area contributed by atoms with Gasteiger partial charge in [-0.05, 0) is 45.6 Å².